The van der Waals surface area contributed by atoms with E-state index in [1.165, 1.54) is 12.3 Å². The van der Waals surface area contributed by atoms with Gasteiger partial charge in [-0.05, 0) is 59.7 Å². The molecule has 174 valence electrons. The van der Waals surface area contributed by atoms with E-state index < -0.39 is 39.2 Å². The Morgan fingerprint density at radius 2 is 1.65 bits per heavy atom. The molecule has 1 saturated heterocycles. The highest BCUT2D eigenvalue weighted by atomic mass is 32.2. The van der Waals surface area contributed by atoms with Crippen LogP contribution in [0, 0.1) is 0 Å². The van der Waals surface area contributed by atoms with Crippen LogP contribution in [0.2, 0.25) is 0 Å². The lowest BCUT2D eigenvalue weighted by molar-refractivity contribution is -0.137. The molecule has 1 amide bonds. The number of piperazine rings is 1. The lowest BCUT2D eigenvalue weighted by Gasteiger charge is -2.37. The number of alkyl halides is 3. The van der Waals surface area contributed by atoms with Crippen LogP contribution in [-0.2, 0) is 21.9 Å². The molecular formula is C21H30F3N3O3S. The molecule has 1 aliphatic rings. The molecule has 0 aliphatic carbocycles. The molecule has 1 aromatic carbocycles. The minimum absolute atomic E-state index is 0.234. The zero-order valence-corrected chi connectivity index (χ0v) is 19.6. The molecule has 1 atom stereocenters. The fourth-order valence-corrected chi connectivity index (χ4v) is 3.37. The van der Waals surface area contributed by atoms with Crippen LogP contribution < -0.4 is 4.90 Å². The summed E-state index contributed by atoms with van der Waals surface area (Å²) < 4.78 is 60.7. The molecule has 0 unspecified atom stereocenters. The van der Waals surface area contributed by atoms with Crippen molar-refractivity contribution in [2.75, 3.05) is 31.1 Å². The number of rotatable bonds is 3. The molecule has 1 heterocycles. The lowest BCUT2D eigenvalue weighted by Crippen LogP contribution is -2.50. The van der Waals surface area contributed by atoms with Crippen molar-refractivity contribution in [3.63, 3.8) is 0 Å². The van der Waals surface area contributed by atoms with Gasteiger partial charge in [0, 0.05) is 43.6 Å². The first-order valence-corrected chi connectivity index (χ1v) is 11.1. The fraction of sp³-hybridized carbons (Fsp3) is 0.619. The van der Waals surface area contributed by atoms with Gasteiger partial charge < -0.3 is 14.5 Å². The summed E-state index contributed by atoms with van der Waals surface area (Å²) >= 11 is 0. The highest BCUT2D eigenvalue weighted by molar-refractivity contribution is 7.85. The number of benzene rings is 1. The summed E-state index contributed by atoms with van der Waals surface area (Å²) in [6, 6.07) is 3.43. The molecular weight excluding hydrogens is 431 g/mol. The van der Waals surface area contributed by atoms with Crippen LogP contribution in [-0.4, -0.2) is 57.9 Å². The van der Waals surface area contributed by atoms with Crippen molar-refractivity contribution in [3.8, 4) is 0 Å². The zero-order chi connectivity index (χ0) is 23.6. The SMILES string of the molecule is CC(C)(C)OC(=O)N1CCN(c2ccc(C(F)(F)F)cc2/C=N/[S@@](=O)C(C)(C)C)CC1. The third kappa shape index (κ3) is 7.22. The Labute approximate surface area is 184 Å². The second kappa shape index (κ2) is 9.18. The molecule has 31 heavy (non-hydrogen) atoms. The summed E-state index contributed by atoms with van der Waals surface area (Å²) in [5.74, 6) is 0. The van der Waals surface area contributed by atoms with Crippen LogP contribution in [0.25, 0.3) is 0 Å². The van der Waals surface area contributed by atoms with Crippen molar-refractivity contribution in [3.05, 3.63) is 29.3 Å². The summed E-state index contributed by atoms with van der Waals surface area (Å²) in [5.41, 5.74) is -0.621. The van der Waals surface area contributed by atoms with E-state index in [9.17, 15) is 22.2 Å². The van der Waals surface area contributed by atoms with Gasteiger partial charge in [0.05, 0.1) is 10.3 Å². The predicted octanol–water partition coefficient (Wildman–Crippen LogP) is 4.64. The van der Waals surface area contributed by atoms with Gasteiger partial charge in [-0.1, -0.05) is 0 Å². The monoisotopic (exact) mass is 461 g/mol. The van der Waals surface area contributed by atoms with Gasteiger partial charge in [-0.3, -0.25) is 0 Å². The Morgan fingerprint density at radius 1 is 1.06 bits per heavy atom. The van der Waals surface area contributed by atoms with E-state index in [2.05, 4.69) is 4.40 Å². The number of carbonyl (C=O) groups excluding carboxylic acids is 1. The quantitative estimate of drug-likeness (QED) is 0.615. The average Bonchev–Trinajstić information content (AvgIpc) is 2.63. The smallest absolute Gasteiger partial charge is 0.416 e. The van der Waals surface area contributed by atoms with Crippen molar-refractivity contribution in [2.24, 2.45) is 4.40 Å². The van der Waals surface area contributed by atoms with E-state index in [1.807, 2.05) is 4.90 Å². The maximum absolute atomic E-state index is 13.2. The Hall–Kier alpha value is -2.10. The van der Waals surface area contributed by atoms with Gasteiger partial charge in [0.1, 0.15) is 16.6 Å². The number of hydrogen-bond acceptors (Lipinski definition) is 4. The topological polar surface area (TPSA) is 62.2 Å². The van der Waals surface area contributed by atoms with E-state index in [0.717, 1.165) is 12.1 Å². The number of halogens is 3. The predicted molar refractivity (Wildman–Crippen MR) is 117 cm³/mol. The van der Waals surface area contributed by atoms with E-state index in [1.54, 1.807) is 46.4 Å². The van der Waals surface area contributed by atoms with E-state index in [0.29, 0.717) is 31.9 Å². The van der Waals surface area contributed by atoms with E-state index in [-0.39, 0.29) is 5.56 Å². The normalized spacial score (nSPS) is 17.2. The first-order valence-electron chi connectivity index (χ1n) is 9.98. The summed E-state index contributed by atoms with van der Waals surface area (Å²) in [6.45, 7) is 12.2. The molecule has 2 rings (SSSR count). The van der Waals surface area contributed by atoms with Crippen LogP contribution in [0.3, 0.4) is 0 Å². The molecule has 0 aromatic heterocycles. The number of nitrogens with zero attached hydrogens (tertiary/aromatic N) is 3. The second-order valence-electron chi connectivity index (χ2n) is 9.32. The highest BCUT2D eigenvalue weighted by Crippen LogP contribution is 2.33. The third-order valence-electron chi connectivity index (χ3n) is 4.44. The number of hydrogen-bond donors (Lipinski definition) is 0. The Morgan fingerprint density at radius 3 is 2.13 bits per heavy atom. The van der Waals surface area contributed by atoms with Crippen LogP contribution in [0.5, 0.6) is 0 Å². The Balaban J connectivity index is 2.25. The van der Waals surface area contributed by atoms with Gasteiger partial charge in [-0.25, -0.2) is 9.00 Å². The van der Waals surface area contributed by atoms with E-state index in [4.69, 9.17) is 4.74 Å². The molecule has 1 fully saturated rings. The van der Waals surface area contributed by atoms with Gasteiger partial charge in [-0.2, -0.15) is 17.6 Å². The van der Waals surface area contributed by atoms with Gasteiger partial charge in [0.25, 0.3) is 0 Å². The van der Waals surface area contributed by atoms with Crippen molar-refractivity contribution >= 4 is 29.0 Å². The molecule has 0 radical (unpaired) electrons. The molecule has 0 N–H and O–H groups in total. The highest BCUT2D eigenvalue weighted by Gasteiger charge is 2.32. The summed E-state index contributed by atoms with van der Waals surface area (Å²) in [4.78, 5) is 15.7. The minimum Gasteiger partial charge on any atom is -0.444 e. The van der Waals surface area contributed by atoms with Gasteiger partial charge >= 0.3 is 12.3 Å². The lowest BCUT2D eigenvalue weighted by atomic mass is 10.1. The molecule has 10 heteroatoms. The first kappa shape index (κ1) is 25.2. The Kier molecular flexibility index (Phi) is 7.45. The average molecular weight is 462 g/mol. The maximum Gasteiger partial charge on any atom is 0.416 e. The largest absolute Gasteiger partial charge is 0.444 e. The van der Waals surface area contributed by atoms with Crippen molar-refractivity contribution < 1.29 is 26.9 Å². The van der Waals surface area contributed by atoms with Crippen molar-refractivity contribution in [2.45, 2.75) is 58.1 Å². The second-order valence-corrected chi connectivity index (χ2v) is 11.3. The molecule has 0 bridgehead atoms. The number of ether oxygens (including phenoxy) is 1. The molecule has 0 spiro atoms. The van der Waals surface area contributed by atoms with Gasteiger partial charge in [0.15, 0.2) is 0 Å². The van der Waals surface area contributed by atoms with Gasteiger partial charge in [-0.15, -0.1) is 0 Å². The van der Waals surface area contributed by atoms with Crippen LogP contribution in [0.4, 0.5) is 23.7 Å². The molecule has 1 aliphatic heterocycles. The number of carbonyl (C=O) groups is 1. The Bertz CT molecular complexity index is 850. The zero-order valence-electron chi connectivity index (χ0n) is 18.7. The van der Waals surface area contributed by atoms with Crippen molar-refractivity contribution in [1.29, 1.82) is 0 Å². The standard InChI is InChI=1S/C21H30F3N3O3S/c1-19(2,3)30-18(28)27-11-9-26(10-12-27)17-8-7-16(21(22,23)24)13-15(17)14-25-31(29)20(4,5)6/h7-8,13-14H,9-12H2,1-6H3/b25-14+/t31-/m0/s1. The maximum atomic E-state index is 13.2. The molecule has 6 nitrogen and oxygen atoms in total. The minimum atomic E-state index is -4.50. The number of amides is 1. The van der Waals surface area contributed by atoms with Crippen LogP contribution in [0.15, 0.2) is 22.6 Å². The fourth-order valence-electron chi connectivity index (χ4n) is 2.84. The summed E-state index contributed by atoms with van der Waals surface area (Å²) in [5, 5.41) is 0. The summed E-state index contributed by atoms with van der Waals surface area (Å²) in [6.07, 6.45) is -3.67. The molecule has 0 saturated carbocycles. The third-order valence-corrected chi connectivity index (χ3v) is 5.78. The van der Waals surface area contributed by atoms with E-state index >= 15 is 0 Å². The first-order chi connectivity index (χ1) is 14.1. The molecule has 1 aromatic rings. The number of anilines is 1. The van der Waals surface area contributed by atoms with Crippen LogP contribution >= 0.6 is 0 Å². The van der Waals surface area contributed by atoms with Gasteiger partial charge in [0.2, 0.25) is 0 Å². The van der Waals surface area contributed by atoms with Crippen molar-refractivity contribution in [1.82, 2.24) is 4.90 Å². The van der Waals surface area contributed by atoms with Crippen LogP contribution in [0.1, 0.15) is 52.7 Å². The summed E-state index contributed by atoms with van der Waals surface area (Å²) in [7, 11) is -1.60.